The monoisotopic (exact) mass is 412 g/mol. The van der Waals surface area contributed by atoms with E-state index in [-0.39, 0.29) is 18.3 Å². The van der Waals surface area contributed by atoms with Crippen LogP contribution in [0.3, 0.4) is 0 Å². The van der Waals surface area contributed by atoms with Gasteiger partial charge < -0.3 is 14.6 Å². The number of nitrogens with zero attached hydrogens (tertiary/aromatic N) is 1. The lowest BCUT2D eigenvalue weighted by molar-refractivity contribution is -0.128. The molecule has 1 N–H and O–H groups in total. The quantitative estimate of drug-likeness (QED) is 0.491. The second-order valence-electron chi connectivity index (χ2n) is 7.87. The minimum Gasteiger partial charge on any atom is -0.454 e. The highest BCUT2D eigenvalue weighted by molar-refractivity contribution is 7.14. The fourth-order valence-corrected chi connectivity index (χ4v) is 3.71. The number of esters is 1. The number of fused-ring (bicyclic) bond motifs is 1. The van der Waals surface area contributed by atoms with Gasteiger partial charge in [0.25, 0.3) is 0 Å². The first-order valence-electron chi connectivity index (χ1n) is 9.28. The molecule has 152 valence electrons. The zero-order chi connectivity index (χ0) is 21.2. The number of hydrogen-bond donors (Lipinski definition) is 1. The maximum atomic E-state index is 12.5. The molecular formula is C22H24N2O4S. The molecular weight excluding hydrogens is 388 g/mol. The van der Waals surface area contributed by atoms with Crippen LogP contribution in [-0.2, 0) is 23.1 Å². The average molecular weight is 413 g/mol. The number of benzene rings is 1. The molecule has 7 heteroatoms. The Morgan fingerprint density at radius 3 is 2.55 bits per heavy atom. The lowest BCUT2D eigenvalue weighted by atomic mass is 9.96. The Bertz CT molecular complexity index is 1070. The van der Waals surface area contributed by atoms with Gasteiger partial charge in [-0.25, -0.2) is 4.79 Å². The van der Waals surface area contributed by atoms with Crippen molar-refractivity contribution in [3.05, 3.63) is 57.9 Å². The first-order valence-corrected chi connectivity index (χ1v) is 10.1. The number of thiophene rings is 1. The second-order valence-corrected chi connectivity index (χ2v) is 9.04. The van der Waals surface area contributed by atoms with Crippen LogP contribution in [0.4, 0.5) is 0 Å². The maximum absolute atomic E-state index is 12.5. The maximum Gasteiger partial charge on any atom is 0.340 e. The van der Waals surface area contributed by atoms with Gasteiger partial charge in [-0.3, -0.25) is 9.59 Å². The van der Waals surface area contributed by atoms with Gasteiger partial charge in [-0.2, -0.15) is 0 Å². The van der Waals surface area contributed by atoms with Crippen molar-refractivity contribution in [3.8, 4) is 0 Å². The van der Waals surface area contributed by atoms with Crippen molar-refractivity contribution < 1.29 is 19.1 Å². The van der Waals surface area contributed by atoms with Crippen LogP contribution in [0.1, 0.15) is 45.7 Å². The summed E-state index contributed by atoms with van der Waals surface area (Å²) in [7, 11) is 1.86. The van der Waals surface area contributed by atoms with Gasteiger partial charge in [-0.1, -0.05) is 39.0 Å². The molecule has 0 saturated carbocycles. The van der Waals surface area contributed by atoms with E-state index in [1.54, 1.807) is 18.3 Å². The Labute approximate surface area is 173 Å². The molecule has 29 heavy (non-hydrogen) atoms. The number of ether oxygens (including phenoxy) is 1. The van der Waals surface area contributed by atoms with E-state index in [2.05, 4.69) is 5.32 Å². The summed E-state index contributed by atoms with van der Waals surface area (Å²) in [4.78, 5) is 38.2. The minimum absolute atomic E-state index is 0.0530. The number of rotatable bonds is 6. The summed E-state index contributed by atoms with van der Waals surface area (Å²) in [6, 6.07) is 11.0. The van der Waals surface area contributed by atoms with Crippen molar-refractivity contribution in [2.75, 3.05) is 6.61 Å². The van der Waals surface area contributed by atoms with Crippen molar-refractivity contribution in [2.45, 2.75) is 27.3 Å². The number of aryl methyl sites for hydroxylation is 1. The number of carbonyl (C=O) groups excluding carboxylic acids is 3. The van der Waals surface area contributed by atoms with E-state index < -0.39 is 11.4 Å². The topological polar surface area (TPSA) is 77.4 Å². The molecule has 0 atom stereocenters. The van der Waals surface area contributed by atoms with Crippen molar-refractivity contribution in [1.29, 1.82) is 0 Å². The number of aromatic nitrogens is 1. The Morgan fingerprint density at radius 1 is 1.10 bits per heavy atom. The van der Waals surface area contributed by atoms with Crippen molar-refractivity contribution >= 4 is 39.9 Å². The fourth-order valence-electron chi connectivity index (χ4n) is 2.84. The van der Waals surface area contributed by atoms with Crippen LogP contribution in [0.5, 0.6) is 0 Å². The molecule has 0 saturated heterocycles. The SMILES string of the molecule is Cn1cc(C(=O)OCC(=O)c2ccc(CNC(=O)C(C)(C)C)s2)c2ccccc21. The van der Waals surface area contributed by atoms with E-state index in [4.69, 9.17) is 4.74 Å². The highest BCUT2D eigenvalue weighted by atomic mass is 32.1. The number of ketones is 1. The lowest BCUT2D eigenvalue weighted by Gasteiger charge is -2.17. The molecule has 0 aliphatic rings. The average Bonchev–Trinajstić information content (AvgIpc) is 3.28. The number of amides is 1. The third kappa shape index (κ3) is 4.74. The number of nitrogens with one attached hydrogen (secondary N) is 1. The predicted octanol–water partition coefficient (Wildman–Crippen LogP) is 3.94. The zero-order valence-corrected chi connectivity index (χ0v) is 17.8. The molecule has 0 spiro atoms. The third-order valence-corrected chi connectivity index (χ3v) is 5.62. The van der Waals surface area contributed by atoms with Crippen molar-refractivity contribution in [3.63, 3.8) is 0 Å². The number of carbonyl (C=O) groups is 3. The van der Waals surface area contributed by atoms with Gasteiger partial charge in [-0.15, -0.1) is 11.3 Å². The number of para-hydroxylation sites is 1. The molecule has 0 aliphatic carbocycles. The van der Waals surface area contributed by atoms with Crippen LogP contribution in [0.2, 0.25) is 0 Å². The standard InChI is InChI=1S/C22H24N2O4S/c1-22(2,3)21(27)23-11-14-9-10-19(29-14)18(25)13-28-20(26)16-12-24(4)17-8-6-5-7-15(16)17/h5-10,12H,11,13H2,1-4H3,(H,23,27). The predicted molar refractivity (Wildman–Crippen MR) is 113 cm³/mol. The van der Waals surface area contributed by atoms with Crippen LogP contribution in [-0.4, -0.2) is 28.8 Å². The smallest absolute Gasteiger partial charge is 0.340 e. The summed E-state index contributed by atoms with van der Waals surface area (Å²) >= 11 is 1.29. The molecule has 6 nitrogen and oxygen atoms in total. The highest BCUT2D eigenvalue weighted by Gasteiger charge is 2.21. The first-order chi connectivity index (χ1) is 13.7. The minimum atomic E-state index is -0.524. The van der Waals surface area contributed by atoms with E-state index >= 15 is 0 Å². The van der Waals surface area contributed by atoms with E-state index in [9.17, 15) is 14.4 Å². The Morgan fingerprint density at radius 2 is 1.83 bits per heavy atom. The Kier molecular flexibility index (Phi) is 5.88. The molecule has 0 radical (unpaired) electrons. The van der Waals surface area contributed by atoms with Crippen LogP contribution in [0, 0.1) is 5.41 Å². The highest BCUT2D eigenvalue weighted by Crippen LogP contribution is 2.22. The van der Waals surface area contributed by atoms with Crippen LogP contribution in [0.15, 0.2) is 42.6 Å². The van der Waals surface area contributed by atoms with Gasteiger partial charge in [0.05, 0.1) is 17.0 Å². The summed E-state index contributed by atoms with van der Waals surface area (Å²) < 4.78 is 7.11. The van der Waals surface area contributed by atoms with E-state index in [1.165, 1.54) is 11.3 Å². The van der Waals surface area contributed by atoms with Crippen LogP contribution < -0.4 is 5.32 Å². The molecule has 0 bridgehead atoms. The van der Waals surface area contributed by atoms with E-state index in [1.807, 2.05) is 56.7 Å². The van der Waals surface area contributed by atoms with Gasteiger partial charge in [0.1, 0.15) is 0 Å². The first kappa shape index (κ1) is 20.8. The molecule has 2 aromatic heterocycles. The van der Waals surface area contributed by atoms with E-state index in [0.29, 0.717) is 17.0 Å². The molecule has 2 heterocycles. The normalized spacial score (nSPS) is 11.4. The Balaban J connectivity index is 1.59. The summed E-state index contributed by atoms with van der Waals surface area (Å²) in [6.07, 6.45) is 1.71. The number of Topliss-reactive ketones (excluding diaryl/α,β-unsaturated/α-hetero) is 1. The van der Waals surface area contributed by atoms with E-state index in [0.717, 1.165) is 15.8 Å². The summed E-state index contributed by atoms with van der Waals surface area (Å²) in [5.41, 5.74) is 0.893. The molecule has 3 aromatic rings. The summed E-state index contributed by atoms with van der Waals surface area (Å²) in [5, 5.41) is 3.65. The Hall–Kier alpha value is -2.93. The fraction of sp³-hybridized carbons (Fsp3) is 0.318. The lowest BCUT2D eigenvalue weighted by Crippen LogP contribution is -2.34. The molecule has 0 aliphatic heterocycles. The van der Waals surface area contributed by atoms with Crippen molar-refractivity contribution in [2.24, 2.45) is 12.5 Å². The van der Waals surface area contributed by atoms with Gasteiger partial charge >= 0.3 is 5.97 Å². The molecule has 3 rings (SSSR count). The number of hydrogen-bond acceptors (Lipinski definition) is 5. The van der Waals surface area contributed by atoms with Gasteiger partial charge in [0.15, 0.2) is 6.61 Å². The molecule has 0 fully saturated rings. The summed E-state index contributed by atoms with van der Waals surface area (Å²) in [5.74, 6) is -0.843. The van der Waals surface area contributed by atoms with Crippen molar-refractivity contribution in [1.82, 2.24) is 9.88 Å². The largest absolute Gasteiger partial charge is 0.454 e. The van der Waals surface area contributed by atoms with Gasteiger partial charge in [-0.05, 0) is 18.2 Å². The molecule has 1 aromatic carbocycles. The van der Waals surface area contributed by atoms with Gasteiger partial charge in [0, 0.05) is 34.4 Å². The zero-order valence-electron chi connectivity index (χ0n) is 16.9. The van der Waals surface area contributed by atoms with Crippen LogP contribution >= 0.6 is 11.3 Å². The second kappa shape index (κ2) is 8.21. The van der Waals surface area contributed by atoms with Crippen LogP contribution in [0.25, 0.3) is 10.9 Å². The molecule has 0 unspecified atom stereocenters. The van der Waals surface area contributed by atoms with Gasteiger partial charge in [0.2, 0.25) is 11.7 Å². The third-order valence-electron chi connectivity index (χ3n) is 4.49. The summed E-state index contributed by atoms with van der Waals surface area (Å²) in [6.45, 7) is 5.57. The molecule has 1 amide bonds.